The molecule has 0 radical (unpaired) electrons. The number of H-pyrrole nitrogens is 1. The van der Waals surface area contributed by atoms with Gasteiger partial charge >= 0.3 is 6.09 Å². The number of rotatable bonds is 4. The van der Waals surface area contributed by atoms with Gasteiger partial charge in [0.1, 0.15) is 17.6 Å². The fourth-order valence-electron chi connectivity index (χ4n) is 3.87. The monoisotopic (exact) mass is 385 g/mol. The number of alkyl carbamates (subject to hydrolysis) is 1. The van der Waals surface area contributed by atoms with E-state index in [2.05, 4.69) is 20.4 Å². The van der Waals surface area contributed by atoms with Crippen LogP contribution in [0.2, 0.25) is 0 Å². The largest absolute Gasteiger partial charge is 0.446 e. The number of amides is 1. The van der Waals surface area contributed by atoms with Crippen LogP contribution in [-0.4, -0.2) is 38.0 Å². The summed E-state index contributed by atoms with van der Waals surface area (Å²) in [6.07, 6.45) is 4.78. The minimum atomic E-state index is -0.416. The predicted octanol–water partition coefficient (Wildman–Crippen LogP) is 3.87. The number of halogens is 1. The van der Waals surface area contributed by atoms with Gasteiger partial charge in [-0.15, -0.1) is 0 Å². The molecule has 1 fully saturated rings. The number of hydrogen-bond donors (Lipinski definition) is 2. The van der Waals surface area contributed by atoms with Gasteiger partial charge in [-0.25, -0.2) is 14.2 Å². The molecule has 148 valence electrons. The van der Waals surface area contributed by atoms with Gasteiger partial charge in [-0.1, -0.05) is 0 Å². The van der Waals surface area contributed by atoms with Gasteiger partial charge in [0, 0.05) is 31.0 Å². The molecule has 1 amide bonds. The van der Waals surface area contributed by atoms with Crippen LogP contribution in [0.1, 0.15) is 44.6 Å². The van der Waals surface area contributed by atoms with Crippen LogP contribution in [0.3, 0.4) is 0 Å². The molecule has 0 spiro atoms. The Bertz CT molecular complexity index is 1010. The zero-order chi connectivity index (χ0) is 19.8. The highest BCUT2D eigenvalue weighted by Gasteiger charge is 2.31. The summed E-state index contributed by atoms with van der Waals surface area (Å²) >= 11 is 0. The molecule has 4 rings (SSSR count). The number of carbonyl (C=O) groups is 1. The van der Waals surface area contributed by atoms with Gasteiger partial charge in [-0.2, -0.15) is 5.10 Å². The Labute approximate surface area is 162 Å². The molecule has 0 aromatic carbocycles. The summed E-state index contributed by atoms with van der Waals surface area (Å²) in [4.78, 5) is 19.4. The van der Waals surface area contributed by atoms with E-state index in [1.165, 1.54) is 0 Å². The second-order valence-corrected chi connectivity index (χ2v) is 7.65. The van der Waals surface area contributed by atoms with Crippen LogP contribution < -0.4 is 5.32 Å². The summed E-state index contributed by atoms with van der Waals surface area (Å²) in [6, 6.07) is 3.66. The summed E-state index contributed by atoms with van der Waals surface area (Å²) in [5.74, 6) is -0.268. The second-order valence-electron chi connectivity index (χ2n) is 7.65. The van der Waals surface area contributed by atoms with Gasteiger partial charge in [0.25, 0.3) is 0 Å². The topological polar surface area (TPSA) is 84.8 Å². The SMILES string of the molecule is CC(C)NC(=O)O[C@@H]1CC[C@H](c2cnc3[nH]c(-c4ccnn4C)cc3c2F)C1. The number of carbonyl (C=O) groups excluding carboxylic acids is 1. The van der Waals surface area contributed by atoms with Gasteiger partial charge < -0.3 is 15.0 Å². The van der Waals surface area contributed by atoms with Crippen molar-refractivity contribution in [2.24, 2.45) is 7.05 Å². The van der Waals surface area contributed by atoms with E-state index in [9.17, 15) is 4.79 Å². The van der Waals surface area contributed by atoms with E-state index in [4.69, 9.17) is 4.74 Å². The van der Waals surface area contributed by atoms with Crippen molar-refractivity contribution in [2.45, 2.75) is 51.2 Å². The van der Waals surface area contributed by atoms with E-state index >= 15 is 4.39 Å². The minimum absolute atomic E-state index is 0.0104. The zero-order valence-electron chi connectivity index (χ0n) is 16.2. The molecule has 8 heteroatoms. The van der Waals surface area contributed by atoms with Crippen molar-refractivity contribution in [3.8, 4) is 11.4 Å². The molecular formula is C20H24FN5O2. The van der Waals surface area contributed by atoms with E-state index in [0.29, 0.717) is 23.0 Å². The fraction of sp³-hybridized carbons (Fsp3) is 0.450. The lowest BCUT2D eigenvalue weighted by Gasteiger charge is -2.15. The van der Waals surface area contributed by atoms with E-state index in [-0.39, 0.29) is 23.9 Å². The predicted molar refractivity (Wildman–Crippen MR) is 103 cm³/mol. The van der Waals surface area contributed by atoms with Gasteiger partial charge in [-0.3, -0.25) is 4.68 Å². The van der Waals surface area contributed by atoms with Crippen LogP contribution in [0.15, 0.2) is 24.5 Å². The molecule has 0 saturated heterocycles. The summed E-state index contributed by atoms with van der Waals surface area (Å²) in [5.41, 5.74) is 2.74. The Morgan fingerprint density at radius 2 is 2.25 bits per heavy atom. The van der Waals surface area contributed by atoms with E-state index in [0.717, 1.165) is 24.2 Å². The number of aromatic nitrogens is 4. The lowest BCUT2D eigenvalue weighted by atomic mass is 9.98. The Hall–Kier alpha value is -2.90. The van der Waals surface area contributed by atoms with Crippen LogP contribution in [0, 0.1) is 5.82 Å². The van der Waals surface area contributed by atoms with Gasteiger partial charge in [0.15, 0.2) is 0 Å². The number of aryl methyl sites for hydroxylation is 1. The Morgan fingerprint density at radius 3 is 2.96 bits per heavy atom. The number of hydrogen-bond acceptors (Lipinski definition) is 4. The number of nitrogens with one attached hydrogen (secondary N) is 2. The molecular weight excluding hydrogens is 361 g/mol. The molecule has 7 nitrogen and oxygen atoms in total. The van der Waals surface area contributed by atoms with Crippen molar-refractivity contribution < 1.29 is 13.9 Å². The minimum Gasteiger partial charge on any atom is -0.446 e. The Morgan fingerprint density at radius 1 is 1.43 bits per heavy atom. The molecule has 0 bridgehead atoms. The van der Waals surface area contributed by atoms with Crippen molar-refractivity contribution in [2.75, 3.05) is 0 Å². The molecule has 28 heavy (non-hydrogen) atoms. The first-order chi connectivity index (χ1) is 13.4. The normalized spacial score (nSPS) is 19.5. The standard InChI is InChI=1S/C20H24FN5O2/c1-11(2)24-20(27)28-13-5-4-12(8-13)15-10-22-19-14(18(15)21)9-16(25-19)17-6-7-23-26(17)3/h6-7,9-13H,4-5,8H2,1-3H3,(H,22,25)(H,24,27)/t12-,13+/m0/s1. The highest BCUT2D eigenvalue weighted by molar-refractivity contribution is 5.83. The number of ether oxygens (including phenoxy) is 1. The average molecular weight is 385 g/mol. The van der Waals surface area contributed by atoms with Gasteiger partial charge in [-0.05, 0) is 51.2 Å². The second kappa shape index (κ2) is 7.26. The molecule has 2 atom stereocenters. The van der Waals surface area contributed by atoms with Crippen molar-refractivity contribution in [1.82, 2.24) is 25.1 Å². The zero-order valence-corrected chi connectivity index (χ0v) is 16.2. The van der Waals surface area contributed by atoms with Crippen LogP contribution >= 0.6 is 0 Å². The molecule has 3 heterocycles. The molecule has 0 unspecified atom stereocenters. The molecule has 2 N–H and O–H groups in total. The first kappa shape index (κ1) is 18.5. The molecule has 1 saturated carbocycles. The van der Waals surface area contributed by atoms with Gasteiger partial charge in [0.2, 0.25) is 0 Å². The van der Waals surface area contributed by atoms with Crippen molar-refractivity contribution in [3.05, 3.63) is 35.9 Å². The van der Waals surface area contributed by atoms with E-state index in [1.54, 1.807) is 23.1 Å². The number of fused-ring (bicyclic) bond motifs is 1. The third kappa shape index (κ3) is 3.46. The first-order valence-corrected chi connectivity index (χ1v) is 9.55. The maximum absolute atomic E-state index is 15.2. The highest BCUT2D eigenvalue weighted by atomic mass is 19.1. The molecule has 0 aliphatic heterocycles. The summed E-state index contributed by atoms with van der Waals surface area (Å²) in [7, 11) is 1.84. The molecule has 1 aliphatic carbocycles. The molecule has 3 aromatic heterocycles. The van der Waals surface area contributed by atoms with Gasteiger partial charge in [0.05, 0.1) is 16.8 Å². The van der Waals surface area contributed by atoms with Crippen LogP contribution in [0.5, 0.6) is 0 Å². The Balaban J connectivity index is 1.54. The summed E-state index contributed by atoms with van der Waals surface area (Å²) in [6.45, 7) is 3.76. The van der Waals surface area contributed by atoms with Crippen molar-refractivity contribution >= 4 is 17.1 Å². The quantitative estimate of drug-likeness (QED) is 0.714. The highest BCUT2D eigenvalue weighted by Crippen LogP contribution is 2.38. The Kier molecular flexibility index (Phi) is 4.78. The van der Waals surface area contributed by atoms with Crippen LogP contribution in [0.4, 0.5) is 9.18 Å². The maximum Gasteiger partial charge on any atom is 0.407 e. The first-order valence-electron chi connectivity index (χ1n) is 9.55. The van der Waals surface area contributed by atoms with E-state index in [1.807, 2.05) is 27.0 Å². The van der Waals surface area contributed by atoms with Crippen LogP contribution in [-0.2, 0) is 11.8 Å². The third-order valence-electron chi connectivity index (χ3n) is 5.22. The number of pyridine rings is 1. The summed E-state index contributed by atoms with van der Waals surface area (Å²) in [5, 5.41) is 7.34. The molecule has 1 aliphatic rings. The van der Waals surface area contributed by atoms with Crippen molar-refractivity contribution in [1.29, 1.82) is 0 Å². The van der Waals surface area contributed by atoms with E-state index < -0.39 is 6.09 Å². The molecule has 3 aromatic rings. The maximum atomic E-state index is 15.2. The van der Waals surface area contributed by atoms with Crippen LogP contribution in [0.25, 0.3) is 22.4 Å². The third-order valence-corrected chi connectivity index (χ3v) is 5.22. The summed E-state index contributed by atoms with van der Waals surface area (Å²) < 4.78 is 22.4. The average Bonchev–Trinajstić information content (AvgIpc) is 3.34. The number of nitrogens with zero attached hydrogens (tertiary/aromatic N) is 3. The number of aromatic amines is 1. The lowest BCUT2D eigenvalue weighted by molar-refractivity contribution is 0.0982. The van der Waals surface area contributed by atoms with Crippen molar-refractivity contribution in [3.63, 3.8) is 0 Å². The fourth-order valence-corrected chi connectivity index (χ4v) is 3.87. The smallest absolute Gasteiger partial charge is 0.407 e. The lowest BCUT2D eigenvalue weighted by Crippen LogP contribution is -2.33.